The average Bonchev–Trinajstić information content (AvgIpc) is 3.34. The summed E-state index contributed by atoms with van der Waals surface area (Å²) >= 11 is 0. The van der Waals surface area contributed by atoms with Crippen LogP contribution in [0.5, 0.6) is 0 Å². The van der Waals surface area contributed by atoms with E-state index in [4.69, 9.17) is 4.52 Å². The standard InChI is InChI=1S/C22H24FN3O3S/c1-15-3-11-20(12-4-15)30(27,28)26-19(10-14-22-24-16(2)25-29-22)9-13-21(26)17-5-7-18(23)8-6-17/h3-8,11-12,19,21H,9-10,13-14H2,1-2H3. The van der Waals surface area contributed by atoms with Gasteiger partial charge in [0.2, 0.25) is 15.9 Å². The molecule has 4 rings (SSSR count). The van der Waals surface area contributed by atoms with Crippen LogP contribution in [0.1, 0.15) is 48.1 Å². The van der Waals surface area contributed by atoms with Crippen LogP contribution in [-0.2, 0) is 16.4 Å². The minimum Gasteiger partial charge on any atom is -0.339 e. The molecular formula is C22H24FN3O3S. The number of rotatable bonds is 6. The molecule has 2 heterocycles. The van der Waals surface area contributed by atoms with Crippen molar-refractivity contribution in [2.24, 2.45) is 0 Å². The molecule has 1 aliphatic heterocycles. The molecule has 2 unspecified atom stereocenters. The van der Waals surface area contributed by atoms with Crippen molar-refractivity contribution < 1.29 is 17.3 Å². The van der Waals surface area contributed by atoms with Gasteiger partial charge in [0.15, 0.2) is 5.82 Å². The highest BCUT2D eigenvalue weighted by atomic mass is 32.2. The van der Waals surface area contributed by atoms with E-state index in [-0.39, 0.29) is 22.8 Å². The molecule has 6 nitrogen and oxygen atoms in total. The Morgan fingerprint density at radius 1 is 1.07 bits per heavy atom. The number of aryl methyl sites for hydroxylation is 3. The van der Waals surface area contributed by atoms with E-state index in [0.717, 1.165) is 11.1 Å². The molecule has 158 valence electrons. The predicted molar refractivity (Wildman–Crippen MR) is 110 cm³/mol. The van der Waals surface area contributed by atoms with Gasteiger partial charge in [-0.15, -0.1) is 0 Å². The number of aromatic nitrogens is 2. The van der Waals surface area contributed by atoms with Crippen LogP contribution in [0.25, 0.3) is 0 Å². The number of sulfonamides is 1. The second-order valence-corrected chi connectivity index (χ2v) is 9.56. The van der Waals surface area contributed by atoms with Gasteiger partial charge in [-0.2, -0.15) is 9.29 Å². The van der Waals surface area contributed by atoms with Gasteiger partial charge in [-0.25, -0.2) is 12.8 Å². The molecule has 0 aliphatic carbocycles. The van der Waals surface area contributed by atoms with E-state index in [2.05, 4.69) is 10.1 Å². The van der Waals surface area contributed by atoms with Gasteiger partial charge in [-0.3, -0.25) is 0 Å². The molecule has 2 aromatic carbocycles. The molecule has 1 fully saturated rings. The average molecular weight is 430 g/mol. The highest BCUT2D eigenvalue weighted by Crippen LogP contribution is 2.42. The Kier molecular flexibility index (Phi) is 5.71. The lowest BCUT2D eigenvalue weighted by Gasteiger charge is -2.29. The lowest BCUT2D eigenvalue weighted by atomic mass is 10.0. The van der Waals surface area contributed by atoms with Crippen molar-refractivity contribution in [3.05, 3.63) is 77.2 Å². The smallest absolute Gasteiger partial charge is 0.243 e. The third kappa shape index (κ3) is 4.15. The summed E-state index contributed by atoms with van der Waals surface area (Å²) in [7, 11) is -3.74. The topological polar surface area (TPSA) is 76.3 Å². The minimum absolute atomic E-state index is 0.210. The quantitative estimate of drug-likeness (QED) is 0.582. The van der Waals surface area contributed by atoms with Crippen molar-refractivity contribution in [1.29, 1.82) is 0 Å². The maximum absolute atomic E-state index is 13.6. The largest absolute Gasteiger partial charge is 0.339 e. The van der Waals surface area contributed by atoms with Gasteiger partial charge in [-0.05, 0) is 62.9 Å². The van der Waals surface area contributed by atoms with Crippen LogP contribution < -0.4 is 0 Å². The second-order valence-electron chi connectivity index (χ2n) is 7.72. The van der Waals surface area contributed by atoms with Crippen LogP contribution in [-0.4, -0.2) is 28.9 Å². The van der Waals surface area contributed by atoms with Crippen molar-refractivity contribution >= 4 is 10.0 Å². The lowest BCUT2D eigenvalue weighted by molar-refractivity contribution is 0.300. The number of hydrogen-bond donors (Lipinski definition) is 0. The minimum atomic E-state index is -3.74. The summed E-state index contributed by atoms with van der Waals surface area (Å²) in [6.07, 6.45) is 2.45. The number of nitrogens with zero attached hydrogens (tertiary/aromatic N) is 3. The predicted octanol–water partition coefficient (Wildman–Crippen LogP) is 4.35. The van der Waals surface area contributed by atoms with Gasteiger partial charge in [0, 0.05) is 12.5 Å². The molecule has 0 spiro atoms. The number of halogens is 1. The molecule has 30 heavy (non-hydrogen) atoms. The third-order valence-corrected chi connectivity index (χ3v) is 7.53. The number of benzene rings is 2. The molecule has 0 saturated carbocycles. The Labute approximate surface area is 175 Å². The summed E-state index contributed by atoms with van der Waals surface area (Å²) < 4.78 is 47.5. The van der Waals surface area contributed by atoms with Crippen LogP contribution in [0.3, 0.4) is 0 Å². The second kappa shape index (κ2) is 8.28. The van der Waals surface area contributed by atoms with Crippen molar-refractivity contribution in [3.8, 4) is 0 Å². The van der Waals surface area contributed by atoms with Crippen LogP contribution >= 0.6 is 0 Å². The summed E-state index contributed by atoms with van der Waals surface area (Å²) in [5, 5.41) is 3.80. The molecule has 8 heteroatoms. The summed E-state index contributed by atoms with van der Waals surface area (Å²) in [6.45, 7) is 3.67. The van der Waals surface area contributed by atoms with Gasteiger partial charge in [0.25, 0.3) is 0 Å². The summed E-state index contributed by atoms with van der Waals surface area (Å²) in [4.78, 5) is 4.49. The summed E-state index contributed by atoms with van der Waals surface area (Å²) in [6, 6.07) is 12.4. The Morgan fingerprint density at radius 2 is 1.77 bits per heavy atom. The molecule has 1 aromatic heterocycles. The fourth-order valence-corrected chi connectivity index (χ4v) is 5.95. The molecule has 2 atom stereocenters. The highest BCUT2D eigenvalue weighted by Gasteiger charge is 2.42. The van der Waals surface area contributed by atoms with Gasteiger partial charge in [-0.1, -0.05) is 35.0 Å². The van der Waals surface area contributed by atoms with Gasteiger partial charge in [0.05, 0.1) is 10.9 Å². The molecule has 3 aromatic rings. The van der Waals surface area contributed by atoms with Gasteiger partial charge in [0.1, 0.15) is 5.82 Å². The first-order valence-electron chi connectivity index (χ1n) is 9.99. The summed E-state index contributed by atoms with van der Waals surface area (Å²) in [5.41, 5.74) is 1.79. The first kappa shape index (κ1) is 20.7. The SMILES string of the molecule is Cc1ccc(S(=O)(=O)N2C(CCc3nc(C)no3)CCC2c2ccc(F)cc2)cc1. The van der Waals surface area contributed by atoms with E-state index >= 15 is 0 Å². The molecule has 0 N–H and O–H groups in total. The zero-order valence-corrected chi connectivity index (χ0v) is 17.8. The van der Waals surface area contributed by atoms with Crippen molar-refractivity contribution in [3.63, 3.8) is 0 Å². The van der Waals surface area contributed by atoms with Crippen molar-refractivity contribution in [2.75, 3.05) is 0 Å². The maximum atomic E-state index is 13.6. The first-order chi connectivity index (χ1) is 14.3. The van der Waals surface area contributed by atoms with Gasteiger partial charge >= 0.3 is 0 Å². The van der Waals surface area contributed by atoms with Crippen LogP contribution in [0.15, 0.2) is 57.9 Å². The lowest BCUT2D eigenvalue weighted by Crippen LogP contribution is -2.37. The molecule has 1 aliphatic rings. The monoisotopic (exact) mass is 429 g/mol. The van der Waals surface area contributed by atoms with Crippen molar-refractivity contribution in [2.45, 2.75) is 56.5 Å². The number of hydrogen-bond acceptors (Lipinski definition) is 5. The third-order valence-electron chi connectivity index (χ3n) is 5.55. The van der Waals surface area contributed by atoms with E-state index in [1.165, 1.54) is 12.1 Å². The van der Waals surface area contributed by atoms with E-state index in [1.807, 2.05) is 6.92 Å². The zero-order valence-electron chi connectivity index (χ0n) is 17.0. The maximum Gasteiger partial charge on any atom is 0.243 e. The fourth-order valence-electron chi connectivity index (χ4n) is 4.06. The Balaban J connectivity index is 1.67. The summed E-state index contributed by atoms with van der Waals surface area (Å²) in [5.74, 6) is 0.725. The van der Waals surface area contributed by atoms with Gasteiger partial charge < -0.3 is 4.52 Å². The van der Waals surface area contributed by atoms with E-state index < -0.39 is 10.0 Å². The van der Waals surface area contributed by atoms with Crippen LogP contribution in [0, 0.1) is 19.7 Å². The van der Waals surface area contributed by atoms with E-state index in [0.29, 0.717) is 37.4 Å². The Hall–Kier alpha value is -2.58. The van der Waals surface area contributed by atoms with E-state index in [9.17, 15) is 12.8 Å². The molecule has 0 amide bonds. The first-order valence-corrected chi connectivity index (χ1v) is 11.4. The normalized spacial score (nSPS) is 20.0. The van der Waals surface area contributed by atoms with Crippen molar-refractivity contribution in [1.82, 2.24) is 14.4 Å². The zero-order chi connectivity index (χ0) is 21.3. The highest BCUT2D eigenvalue weighted by molar-refractivity contribution is 7.89. The molecule has 0 radical (unpaired) electrons. The molecule has 0 bridgehead atoms. The van der Waals surface area contributed by atoms with Crippen LogP contribution in [0.4, 0.5) is 4.39 Å². The Bertz CT molecular complexity index is 1110. The molecular weight excluding hydrogens is 405 g/mol. The fraction of sp³-hybridized carbons (Fsp3) is 0.364. The van der Waals surface area contributed by atoms with Crippen LogP contribution in [0.2, 0.25) is 0 Å². The Morgan fingerprint density at radius 3 is 2.40 bits per heavy atom. The van der Waals surface area contributed by atoms with E-state index in [1.54, 1.807) is 47.6 Å². The molecule has 1 saturated heterocycles.